The first kappa shape index (κ1) is 22.5. The van der Waals surface area contributed by atoms with E-state index >= 15 is 0 Å². The molecule has 1 aromatic rings. The van der Waals surface area contributed by atoms with Gasteiger partial charge in [-0.2, -0.15) is 13.2 Å². The molecule has 28 heavy (non-hydrogen) atoms. The van der Waals surface area contributed by atoms with E-state index in [0.717, 1.165) is 12.1 Å². The fourth-order valence-corrected chi connectivity index (χ4v) is 3.05. The van der Waals surface area contributed by atoms with Crippen molar-refractivity contribution in [3.05, 3.63) is 35.4 Å². The molecule has 1 aromatic carbocycles. The van der Waals surface area contributed by atoms with Crippen molar-refractivity contribution >= 4 is 15.8 Å². The number of benzene rings is 1. The maximum absolute atomic E-state index is 13.0. The molecule has 1 atom stereocenters. The standard InChI is InChI=1S/C18H26F3N3O3S/c1-17(2,28(4,25)26)12-23-16(22-3)24-8-9-27-15(11-24)13-6-5-7-14(10-13)18(19,20)21/h5-7,10,15H,8-9,11-12H2,1-4H3,(H,22,23). The van der Waals surface area contributed by atoms with Crippen molar-refractivity contribution in [2.45, 2.75) is 30.9 Å². The number of guanidine groups is 1. The molecule has 1 saturated heterocycles. The lowest BCUT2D eigenvalue weighted by atomic mass is 10.0. The highest BCUT2D eigenvalue weighted by Crippen LogP contribution is 2.32. The quantitative estimate of drug-likeness (QED) is 0.598. The number of rotatable bonds is 4. The van der Waals surface area contributed by atoms with Crippen LogP contribution in [0.15, 0.2) is 29.3 Å². The van der Waals surface area contributed by atoms with Crippen LogP contribution < -0.4 is 5.32 Å². The lowest BCUT2D eigenvalue weighted by Gasteiger charge is -2.36. The van der Waals surface area contributed by atoms with Gasteiger partial charge in [0.15, 0.2) is 15.8 Å². The van der Waals surface area contributed by atoms with E-state index in [2.05, 4.69) is 10.3 Å². The van der Waals surface area contributed by atoms with Crippen LogP contribution in [-0.2, 0) is 20.8 Å². The summed E-state index contributed by atoms with van der Waals surface area (Å²) < 4.78 is 67.3. The van der Waals surface area contributed by atoms with Crippen LogP contribution in [-0.4, -0.2) is 63.6 Å². The lowest BCUT2D eigenvalue weighted by molar-refractivity contribution is -0.137. The Bertz CT molecular complexity index is 823. The highest BCUT2D eigenvalue weighted by Gasteiger charge is 2.33. The third-order valence-electron chi connectivity index (χ3n) is 4.84. The molecule has 1 heterocycles. The number of morpholine rings is 1. The Balaban J connectivity index is 2.11. The van der Waals surface area contributed by atoms with Crippen molar-refractivity contribution in [2.75, 3.05) is 39.5 Å². The zero-order valence-electron chi connectivity index (χ0n) is 16.4. The summed E-state index contributed by atoms with van der Waals surface area (Å²) in [5, 5.41) is 3.05. The van der Waals surface area contributed by atoms with Gasteiger partial charge in [-0.05, 0) is 31.5 Å². The van der Waals surface area contributed by atoms with Gasteiger partial charge in [-0.3, -0.25) is 4.99 Å². The van der Waals surface area contributed by atoms with E-state index < -0.39 is 32.4 Å². The number of nitrogens with zero attached hydrogens (tertiary/aromatic N) is 2. The SMILES string of the molecule is CN=C(NCC(C)(C)S(C)(=O)=O)N1CCOC(c2cccc(C(F)(F)F)c2)C1. The predicted octanol–water partition coefficient (Wildman–Crippen LogP) is 2.48. The normalized spacial score (nSPS) is 19.6. The van der Waals surface area contributed by atoms with Gasteiger partial charge in [-0.15, -0.1) is 0 Å². The second-order valence-corrected chi connectivity index (χ2v) is 10.0. The Labute approximate surface area is 163 Å². The number of hydrogen-bond acceptors (Lipinski definition) is 4. The van der Waals surface area contributed by atoms with E-state index in [1.807, 2.05) is 4.90 Å². The number of nitrogens with one attached hydrogen (secondary N) is 1. The topological polar surface area (TPSA) is 71.0 Å². The molecule has 0 amide bonds. The first-order chi connectivity index (χ1) is 12.8. The zero-order valence-corrected chi connectivity index (χ0v) is 17.2. The lowest BCUT2D eigenvalue weighted by Crippen LogP contribution is -2.52. The average molecular weight is 421 g/mol. The Morgan fingerprint density at radius 2 is 2.04 bits per heavy atom. The van der Waals surface area contributed by atoms with Gasteiger partial charge < -0.3 is 15.0 Å². The van der Waals surface area contributed by atoms with Gasteiger partial charge in [-0.1, -0.05) is 12.1 Å². The summed E-state index contributed by atoms with van der Waals surface area (Å²) in [7, 11) is -1.70. The van der Waals surface area contributed by atoms with E-state index in [-0.39, 0.29) is 6.54 Å². The van der Waals surface area contributed by atoms with Crippen LogP contribution in [0.1, 0.15) is 31.1 Å². The van der Waals surface area contributed by atoms with Crippen LogP contribution in [0.5, 0.6) is 0 Å². The molecule has 1 aliphatic heterocycles. The Kier molecular flexibility index (Phi) is 6.65. The molecule has 6 nitrogen and oxygen atoms in total. The summed E-state index contributed by atoms with van der Waals surface area (Å²) in [6.45, 7) is 4.51. The maximum Gasteiger partial charge on any atom is 0.416 e. The van der Waals surface area contributed by atoms with E-state index in [0.29, 0.717) is 31.2 Å². The van der Waals surface area contributed by atoms with Crippen molar-refractivity contribution < 1.29 is 26.3 Å². The minimum atomic E-state index is -4.42. The van der Waals surface area contributed by atoms with Gasteiger partial charge in [0.1, 0.15) is 6.10 Å². The molecule has 0 saturated carbocycles. The van der Waals surface area contributed by atoms with Crippen molar-refractivity contribution in [3.8, 4) is 0 Å². The number of ether oxygens (including phenoxy) is 1. The van der Waals surface area contributed by atoms with Gasteiger partial charge in [0.05, 0.1) is 23.5 Å². The fourth-order valence-electron chi connectivity index (χ4n) is 2.71. The minimum absolute atomic E-state index is 0.157. The first-order valence-corrected chi connectivity index (χ1v) is 10.7. The molecule has 0 aromatic heterocycles. The Hall–Kier alpha value is -1.81. The molecule has 158 valence electrons. The second kappa shape index (κ2) is 8.28. The van der Waals surface area contributed by atoms with E-state index in [1.165, 1.54) is 12.3 Å². The fraction of sp³-hybridized carbons (Fsp3) is 0.611. The number of halogens is 3. The summed E-state index contributed by atoms with van der Waals surface area (Å²) in [6.07, 6.45) is -3.79. The molecule has 2 rings (SSSR count). The van der Waals surface area contributed by atoms with Gasteiger partial charge >= 0.3 is 6.18 Å². The summed E-state index contributed by atoms with van der Waals surface area (Å²) >= 11 is 0. The molecule has 0 aliphatic carbocycles. The monoisotopic (exact) mass is 421 g/mol. The number of alkyl halides is 3. The summed E-state index contributed by atoms with van der Waals surface area (Å²) in [5.41, 5.74) is -0.283. The highest BCUT2D eigenvalue weighted by molar-refractivity contribution is 7.92. The number of aliphatic imine (C=N–C) groups is 1. The second-order valence-electron chi connectivity index (χ2n) is 7.36. The maximum atomic E-state index is 13.0. The third kappa shape index (κ3) is 5.38. The largest absolute Gasteiger partial charge is 0.416 e. The van der Waals surface area contributed by atoms with Crippen LogP contribution in [0, 0.1) is 0 Å². The molecule has 0 radical (unpaired) electrons. The summed E-state index contributed by atoms with van der Waals surface area (Å²) in [4.78, 5) is 6.04. The minimum Gasteiger partial charge on any atom is -0.370 e. The van der Waals surface area contributed by atoms with Crippen LogP contribution >= 0.6 is 0 Å². The molecule has 1 fully saturated rings. The number of hydrogen-bond donors (Lipinski definition) is 1. The molecule has 0 bridgehead atoms. The molecule has 0 spiro atoms. The molecule has 1 aliphatic rings. The Morgan fingerprint density at radius 1 is 1.36 bits per heavy atom. The van der Waals surface area contributed by atoms with Crippen molar-refractivity contribution in [1.82, 2.24) is 10.2 Å². The molecular weight excluding hydrogens is 395 g/mol. The van der Waals surface area contributed by atoms with Crippen LogP contribution in [0.25, 0.3) is 0 Å². The molecule has 1 unspecified atom stereocenters. The van der Waals surface area contributed by atoms with Gasteiger partial charge in [0.25, 0.3) is 0 Å². The molecule has 10 heteroatoms. The number of sulfone groups is 1. The molecular formula is C18H26F3N3O3S. The predicted molar refractivity (Wildman–Crippen MR) is 102 cm³/mol. The van der Waals surface area contributed by atoms with Crippen molar-refractivity contribution in [2.24, 2.45) is 4.99 Å². The van der Waals surface area contributed by atoms with E-state index in [9.17, 15) is 21.6 Å². The van der Waals surface area contributed by atoms with Gasteiger partial charge in [-0.25, -0.2) is 8.42 Å². The van der Waals surface area contributed by atoms with E-state index in [4.69, 9.17) is 4.74 Å². The zero-order chi connectivity index (χ0) is 21.2. The van der Waals surface area contributed by atoms with E-state index in [1.54, 1.807) is 27.0 Å². The third-order valence-corrected chi connectivity index (χ3v) is 6.99. The van der Waals surface area contributed by atoms with Gasteiger partial charge in [0, 0.05) is 26.4 Å². The van der Waals surface area contributed by atoms with Crippen LogP contribution in [0.2, 0.25) is 0 Å². The molecule has 1 N–H and O–H groups in total. The van der Waals surface area contributed by atoms with Gasteiger partial charge in [0.2, 0.25) is 0 Å². The first-order valence-electron chi connectivity index (χ1n) is 8.79. The summed E-state index contributed by atoms with van der Waals surface area (Å²) in [6, 6.07) is 5.09. The smallest absolute Gasteiger partial charge is 0.370 e. The highest BCUT2D eigenvalue weighted by atomic mass is 32.2. The Morgan fingerprint density at radius 3 is 2.61 bits per heavy atom. The van der Waals surface area contributed by atoms with Crippen molar-refractivity contribution in [1.29, 1.82) is 0 Å². The van der Waals surface area contributed by atoms with Crippen molar-refractivity contribution in [3.63, 3.8) is 0 Å². The summed E-state index contributed by atoms with van der Waals surface area (Å²) in [5.74, 6) is 0.483. The van der Waals surface area contributed by atoms with Crippen LogP contribution in [0.4, 0.5) is 13.2 Å². The average Bonchev–Trinajstić information content (AvgIpc) is 2.61. The van der Waals surface area contributed by atoms with Crippen LogP contribution in [0.3, 0.4) is 0 Å².